The first-order valence-corrected chi connectivity index (χ1v) is 4.40. The summed E-state index contributed by atoms with van der Waals surface area (Å²) < 4.78 is 14.3. The molecule has 6 nitrogen and oxygen atoms in total. The Morgan fingerprint density at radius 1 is 1.50 bits per heavy atom. The van der Waals surface area contributed by atoms with E-state index in [0.29, 0.717) is 0 Å². The largest absolute Gasteiger partial charge is 0.464 e. The van der Waals surface area contributed by atoms with Crippen molar-refractivity contribution in [1.82, 2.24) is 0 Å². The molecule has 0 aromatic rings. The molecule has 0 bridgehead atoms. The van der Waals surface area contributed by atoms with Gasteiger partial charge in [-0.15, -0.1) is 0 Å². The molecule has 0 spiro atoms. The number of esters is 1. The summed E-state index contributed by atoms with van der Waals surface area (Å²) in [7, 11) is 0. The van der Waals surface area contributed by atoms with Crippen LogP contribution < -0.4 is 0 Å². The van der Waals surface area contributed by atoms with Gasteiger partial charge in [0, 0.05) is 0 Å². The monoisotopic (exact) mass is 206 g/mol. The van der Waals surface area contributed by atoms with Crippen LogP contribution in [-0.2, 0) is 19.0 Å². The van der Waals surface area contributed by atoms with Crippen molar-refractivity contribution in [3.05, 3.63) is 0 Å². The van der Waals surface area contributed by atoms with Crippen LogP contribution in [-0.4, -0.2) is 47.6 Å². The molecule has 2 N–H and O–H groups in total. The Bertz CT molecular complexity index is 200. The molecule has 0 amide bonds. The van der Waals surface area contributed by atoms with Gasteiger partial charge < -0.3 is 24.4 Å². The number of carbonyl (C=O) groups excluding carboxylic acids is 1. The second-order valence-electron chi connectivity index (χ2n) is 2.90. The minimum absolute atomic E-state index is 0.144. The normalized spacial score (nSPS) is 30.3. The maximum absolute atomic E-state index is 11.0. The average Bonchev–Trinajstić information content (AvgIpc) is 2.11. The Hall–Kier alpha value is -0.690. The summed E-state index contributed by atoms with van der Waals surface area (Å²) in [5.41, 5.74) is 0. The summed E-state index contributed by atoms with van der Waals surface area (Å²) >= 11 is 0. The summed E-state index contributed by atoms with van der Waals surface area (Å²) in [6.07, 6.45) is -4.41. The van der Waals surface area contributed by atoms with Gasteiger partial charge in [-0.3, -0.25) is 0 Å². The standard InChI is InChI=1S/C8H14O6/c1-3-12-7(11)5(9)6(10)8-13-4(2)14-8/h4-6,8-10H,3H2,1-2H3/t4?,5-,6-,8?/m1/s1. The first-order valence-electron chi connectivity index (χ1n) is 4.40. The first kappa shape index (κ1) is 11.4. The van der Waals surface area contributed by atoms with Crippen molar-refractivity contribution in [3.63, 3.8) is 0 Å². The molecule has 0 aromatic heterocycles. The quantitative estimate of drug-likeness (QED) is 0.573. The molecule has 1 heterocycles. The molecule has 1 rings (SSSR count). The maximum Gasteiger partial charge on any atom is 0.337 e. The van der Waals surface area contributed by atoms with E-state index in [1.54, 1.807) is 13.8 Å². The Morgan fingerprint density at radius 3 is 2.50 bits per heavy atom. The molecule has 0 saturated carbocycles. The van der Waals surface area contributed by atoms with E-state index in [-0.39, 0.29) is 6.61 Å². The Balaban J connectivity index is 2.36. The van der Waals surface area contributed by atoms with Gasteiger partial charge in [0.1, 0.15) is 6.10 Å². The molecule has 1 aliphatic rings. The zero-order valence-corrected chi connectivity index (χ0v) is 8.04. The fourth-order valence-corrected chi connectivity index (χ4v) is 1.06. The molecule has 1 aliphatic heterocycles. The highest BCUT2D eigenvalue weighted by Crippen LogP contribution is 2.21. The van der Waals surface area contributed by atoms with Gasteiger partial charge in [0.15, 0.2) is 18.7 Å². The molecular formula is C8H14O6. The molecule has 1 saturated heterocycles. The molecule has 0 aromatic carbocycles. The lowest BCUT2D eigenvalue weighted by Crippen LogP contribution is -2.53. The van der Waals surface area contributed by atoms with E-state index in [9.17, 15) is 15.0 Å². The lowest BCUT2D eigenvalue weighted by Gasteiger charge is -2.37. The maximum atomic E-state index is 11.0. The number of aliphatic hydroxyl groups is 2. The van der Waals surface area contributed by atoms with Crippen molar-refractivity contribution in [3.8, 4) is 0 Å². The van der Waals surface area contributed by atoms with Crippen LogP contribution in [0, 0.1) is 0 Å². The van der Waals surface area contributed by atoms with Gasteiger partial charge in [-0.25, -0.2) is 4.79 Å². The summed E-state index contributed by atoms with van der Waals surface area (Å²) in [6.45, 7) is 3.39. The second kappa shape index (κ2) is 4.70. The highest BCUT2D eigenvalue weighted by Gasteiger charge is 2.40. The van der Waals surface area contributed by atoms with Crippen molar-refractivity contribution >= 4 is 5.97 Å². The first-order chi connectivity index (χ1) is 6.56. The lowest BCUT2D eigenvalue weighted by molar-refractivity contribution is -0.403. The van der Waals surface area contributed by atoms with Gasteiger partial charge in [-0.05, 0) is 13.8 Å². The van der Waals surface area contributed by atoms with Gasteiger partial charge in [0.05, 0.1) is 6.61 Å². The van der Waals surface area contributed by atoms with Crippen LogP contribution in [0.2, 0.25) is 0 Å². The zero-order chi connectivity index (χ0) is 10.7. The number of aliphatic hydroxyl groups excluding tert-OH is 2. The lowest BCUT2D eigenvalue weighted by atomic mass is 10.2. The number of carbonyl (C=O) groups is 1. The fraction of sp³-hybridized carbons (Fsp3) is 0.875. The number of rotatable bonds is 4. The number of hydrogen-bond acceptors (Lipinski definition) is 6. The highest BCUT2D eigenvalue weighted by atomic mass is 16.9. The van der Waals surface area contributed by atoms with Crippen molar-refractivity contribution < 1.29 is 29.2 Å². The molecule has 1 fully saturated rings. The highest BCUT2D eigenvalue weighted by molar-refractivity contribution is 5.75. The van der Waals surface area contributed by atoms with Crippen LogP contribution in [0.15, 0.2) is 0 Å². The van der Waals surface area contributed by atoms with Crippen molar-refractivity contribution in [2.24, 2.45) is 0 Å². The van der Waals surface area contributed by atoms with Crippen molar-refractivity contribution in [1.29, 1.82) is 0 Å². The summed E-state index contributed by atoms with van der Waals surface area (Å²) in [4.78, 5) is 11.0. The van der Waals surface area contributed by atoms with E-state index in [1.807, 2.05) is 0 Å². The van der Waals surface area contributed by atoms with E-state index >= 15 is 0 Å². The van der Waals surface area contributed by atoms with Crippen molar-refractivity contribution in [2.45, 2.75) is 38.6 Å². The number of ether oxygens (including phenoxy) is 3. The Kier molecular flexibility index (Phi) is 3.82. The van der Waals surface area contributed by atoms with Crippen LogP contribution in [0.5, 0.6) is 0 Å². The van der Waals surface area contributed by atoms with Crippen molar-refractivity contribution in [2.75, 3.05) is 6.61 Å². The second-order valence-corrected chi connectivity index (χ2v) is 2.90. The third kappa shape index (κ3) is 2.42. The predicted octanol–water partition coefficient (Wildman–Crippen LogP) is -1.01. The zero-order valence-electron chi connectivity index (χ0n) is 8.04. The topological polar surface area (TPSA) is 85.2 Å². The molecular weight excluding hydrogens is 192 g/mol. The van der Waals surface area contributed by atoms with Crippen LogP contribution >= 0.6 is 0 Å². The molecule has 0 radical (unpaired) electrons. The third-order valence-corrected chi connectivity index (χ3v) is 1.78. The summed E-state index contributed by atoms with van der Waals surface area (Å²) in [5.74, 6) is -0.883. The number of hydrogen-bond donors (Lipinski definition) is 2. The van der Waals surface area contributed by atoms with Gasteiger partial charge >= 0.3 is 5.97 Å². The van der Waals surface area contributed by atoms with Gasteiger partial charge in [-0.2, -0.15) is 0 Å². The molecule has 6 heteroatoms. The molecule has 82 valence electrons. The van der Waals surface area contributed by atoms with E-state index in [0.717, 1.165) is 0 Å². The van der Waals surface area contributed by atoms with E-state index in [2.05, 4.69) is 4.74 Å². The van der Waals surface area contributed by atoms with Crippen LogP contribution in [0.25, 0.3) is 0 Å². The third-order valence-electron chi connectivity index (χ3n) is 1.78. The van der Waals surface area contributed by atoms with Crippen LogP contribution in [0.3, 0.4) is 0 Å². The smallest absolute Gasteiger partial charge is 0.337 e. The van der Waals surface area contributed by atoms with Crippen LogP contribution in [0.1, 0.15) is 13.8 Å². The predicted molar refractivity (Wildman–Crippen MR) is 44.1 cm³/mol. The fourth-order valence-electron chi connectivity index (χ4n) is 1.06. The van der Waals surface area contributed by atoms with Gasteiger partial charge in [0.25, 0.3) is 0 Å². The minimum atomic E-state index is -1.63. The van der Waals surface area contributed by atoms with Gasteiger partial charge in [0.2, 0.25) is 0 Å². The molecule has 2 atom stereocenters. The van der Waals surface area contributed by atoms with Gasteiger partial charge in [-0.1, -0.05) is 0 Å². The molecule has 0 unspecified atom stereocenters. The average molecular weight is 206 g/mol. The summed E-state index contributed by atoms with van der Waals surface area (Å²) in [6, 6.07) is 0. The SMILES string of the molecule is CCOC(=O)[C@H](O)[C@@H](O)C1OC(C)O1. The summed E-state index contributed by atoms with van der Waals surface area (Å²) in [5, 5.41) is 18.6. The van der Waals surface area contributed by atoms with E-state index in [1.165, 1.54) is 0 Å². The minimum Gasteiger partial charge on any atom is -0.464 e. The van der Waals surface area contributed by atoms with Crippen LogP contribution in [0.4, 0.5) is 0 Å². The molecule has 0 aliphatic carbocycles. The Labute approximate surface area is 81.4 Å². The van der Waals surface area contributed by atoms with E-state index in [4.69, 9.17) is 9.47 Å². The molecule has 14 heavy (non-hydrogen) atoms. The van der Waals surface area contributed by atoms with E-state index < -0.39 is 30.8 Å². The Morgan fingerprint density at radius 2 is 2.07 bits per heavy atom.